The predicted molar refractivity (Wildman–Crippen MR) is 55.7 cm³/mol. The molecule has 6 nitrogen and oxygen atoms in total. The highest BCUT2D eigenvalue weighted by Gasteiger charge is 2.48. The lowest BCUT2D eigenvalue weighted by Crippen LogP contribution is -2.24. The number of aliphatic hydroxyl groups is 1. The van der Waals surface area contributed by atoms with E-state index in [0.29, 0.717) is 0 Å². The Morgan fingerprint density at radius 1 is 1.14 bits per heavy atom. The maximum Gasteiger partial charge on any atom is 0.423 e. The number of rotatable bonds is 3. The van der Waals surface area contributed by atoms with Crippen molar-refractivity contribution < 1.29 is 46.3 Å². The molecule has 0 saturated heterocycles. The molecule has 0 aliphatic carbocycles. The summed E-state index contributed by atoms with van der Waals surface area (Å²) in [6.45, 7) is 0. The minimum atomic E-state index is -5.69. The molecule has 0 fully saturated rings. The number of hydrogen-bond donors (Lipinski definition) is 2. The molecule has 0 amide bonds. The number of nitro benzene ring substituents is 1. The number of alkyl halides is 6. The molecule has 0 aliphatic rings. The van der Waals surface area contributed by atoms with Gasteiger partial charge < -0.3 is 10.2 Å². The summed E-state index contributed by atoms with van der Waals surface area (Å²) in [4.78, 5) is 19.5. The molecule has 1 unspecified atom stereocenters. The number of carboxylic acid groups (broad SMARTS) is 1. The molecule has 122 valence electrons. The number of carbonyl (C=O) groups is 1. The molecule has 0 aliphatic heterocycles. The van der Waals surface area contributed by atoms with E-state index in [1.807, 2.05) is 0 Å². The number of aliphatic carboxylic acids is 1. The topological polar surface area (TPSA) is 101 Å². The van der Waals surface area contributed by atoms with Crippen LogP contribution in [-0.2, 0) is 17.1 Å². The summed E-state index contributed by atoms with van der Waals surface area (Å²) >= 11 is 0. The van der Waals surface area contributed by atoms with E-state index >= 15 is 0 Å². The quantitative estimate of drug-likeness (QED) is 0.503. The minimum Gasteiger partial charge on any atom is -0.479 e. The van der Waals surface area contributed by atoms with Gasteiger partial charge in [0, 0.05) is 11.6 Å². The van der Waals surface area contributed by atoms with Gasteiger partial charge in [-0.15, -0.1) is 0 Å². The Kier molecular flexibility index (Phi) is 4.37. The molecule has 0 radical (unpaired) electrons. The lowest BCUT2D eigenvalue weighted by atomic mass is 9.93. The molecular weight excluding hydrogens is 328 g/mol. The zero-order valence-electron chi connectivity index (χ0n) is 10.1. The van der Waals surface area contributed by atoms with Crippen molar-refractivity contribution in [2.24, 2.45) is 0 Å². The zero-order chi connectivity index (χ0) is 17.5. The van der Waals surface area contributed by atoms with E-state index in [0.717, 1.165) is 0 Å². The third kappa shape index (κ3) is 3.27. The van der Waals surface area contributed by atoms with Crippen molar-refractivity contribution in [2.75, 3.05) is 0 Å². The molecule has 1 atom stereocenters. The summed E-state index contributed by atoms with van der Waals surface area (Å²) < 4.78 is 76.9. The smallest absolute Gasteiger partial charge is 0.423 e. The third-order valence-corrected chi connectivity index (χ3v) is 2.52. The Morgan fingerprint density at radius 2 is 1.64 bits per heavy atom. The lowest BCUT2D eigenvalue weighted by molar-refractivity contribution is -0.388. The number of halogens is 6. The summed E-state index contributed by atoms with van der Waals surface area (Å²) in [6, 6.07) is -0.140. The summed E-state index contributed by atoms with van der Waals surface area (Å²) in [5.74, 6) is -2.42. The fourth-order valence-corrected chi connectivity index (χ4v) is 1.71. The van der Waals surface area contributed by atoms with Gasteiger partial charge >= 0.3 is 18.3 Å². The van der Waals surface area contributed by atoms with E-state index in [2.05, 4.69) is 0 Å². The van der Waals surface area contributed by atoms with Crippen molar-refractivity contribution in [2.45, 2.75) is 18.5 Å². The van der Waals surface area contributed by atoms with Crippen LogP contribution in [0.3, 0.4) is 0 Å². The van der Waals surface area contributed by atoms with E-state index in [4.69, 9.17) is 5.11 Å². The molecule has 1 rings (SSSR count). The summed E-state index contributed by atoms with van der Waals surface area (Å²) in [6.07, 6.45) is -14.4. The van der Waals surface area contributed by atoms with Gasteiger partial charge in [0.1, 0.15) is 5.56 Å². The van der Waals surface area contributed by atoms with Crippen LogP contribution < -0.4 is 0 Å². The number of nitro groups is 1. The maximum absolute atomic E-state index is 12.9. The monoisotopic (exact) mass is 333 g/mol. The van der Waals surface area contributed by atoms with E-state index in [9.17, 15) is 46.4 Å². The van der Waals surface area contributed by atoms with Gasteiger partial charge in [-0.2, -0.15) is 26.3 Å². The van der Waals surface area contributed by atoms with Gasteiger partial charge in [-0.05, 0) is 6.07 Å². The molecule has 22 heavy (non-hydrogen) atoms. The Balaban J connectivity index is 3.96. The molecule has 0 saturated carbocycles. The van der Waals surface area contributed by atoms with Crippen molar-refractivity contribution >= 4 is 11.7 Å². The molecule has 1 aromatic rings. The highest BCUT2D eigenvalue weighted by atomic mass is 19.4. The lowest BCUT2D eigenvalue weighted by Gasteiger charge is -2.20. The van der Waals surface area contributed by atoms with E-state index in [1.165, 1.54) is 0 Å². The molecule has 0 bridgehead atoms. The van der Waals surface area contributed by atoms with Gasteiger partial charge in [0.15, 0.2) is 6.10 Å². The van der Waals surface area contributed by atoms with Crippen LogP contribution in [0.4, 0.5) is 32.0 Å². The second-order valence-corrected chi connectivity index (χ2v) is 3.91. The Morgan fingerprint density at radius 3 is 1.95 bits per heavy atom. The van der Waals surface area contributed by atoms with Gasteiger partial charge in [-0.1, -0.05) is 0 Å². The largest absolute Gasteiger partial charge is 0.479 e. The molecule has 0 aromatic heterocycles. The Bertz CT molecular complexity index is 623. The number of carboxylic acids is 1. The number of hydrogen-bond acceptors (Lipinski definition) is 4. The van der Waals surface area contributed by atoms with Crippen LogP contribution in [0.25, 0.3) is 0 Å². The van der Waals surface area contributed by atoms with E-state index in [1.54, 1.807) is 0 Å². The van der Waals surface area contributed by atoms with Crippen molar-refractivity contribution in [3.63, 3.8) is 0 Å². The van der Waals surface area contributed by atoms with Crippen molar-refractivity contribution in [1.29, 1.82) is 0 Å². The maximum atomic E-state index is 12.9. The first-order chi connectivity index (χ1) is 9.78. The van der Waals surface area contributed by atoms with Crippen LogP contribution in [0.15, 0.2) is 12.1 Å². The van der Waals surface area contributed by atoms with E-state index in [-0.39, 0.29) is 12.1 Å². The van der Waals surface area contributed by atoms with Gasteiger partial charge in [-0.25, -0.2) is 4.79 Å². The fourth-order valence-electron chi connectivity index (χ4n) is 1.71. The molecule has 12 heteroatoms. The molecule has 2 N–H and O–H groups in total. The predicted octanol–water partition coefficient (Wildman–Crippen LogP) is 2.75. The number of benzene rings is 1. The van der Waals surface area contributed by atoms with E-state index < -0.39 is 51.7 Å². The molecule has 0 heterocycles. The van der Waals surface area contributed by atoms with Crippen LogP contribution in [-0.4, -0.2) is 21.1 Å². The minimum absolute atomic E-state index is 0.0519. The molecular formula is C10H5F6NO5. The first-order valence-electron chi connectivity index (χ1n) is 5.15. The van der Waals surface area contributed by atoms with Crippen molar-refractivity contribution in [3.8, 4) is 0 Å². The first-order valence-corrected chi connectivity index (χ1v) is 5.15. The summed E-state index contributed by atoms with van der Waals surface area (Å²) in [5.41, 5.74) is -8.50. The molecule has 0 spiro atoms. The highest BCUT2D eigenvalue weighted by Crippen LogP contribution is 2.46. The van der Waals surface area contributed by atoms with Crippen LogP contribution in [0.1, 0.15) is 22.8 Å². The van der Waals surface area contributed by atoms with Gasteiger partial charge in [-0.3, -0.25) is 10.1 Å². The Labute approximate surface area is 116 Å². The summed E-state index contributed by atoms with van der Waals surface area (Å²) in [7, 11) is 0. The van der Waals surface area contributed by atoms with Crippen LogP contribution >= 0.6 is 0 Å². The third-order valence-electron chi connectivity index (χ3n) is 2.52. The van der Waals surface area contributed by atoms with Gasteiger partial charge in [0.05, 0.1) is 10.5 Å². The van der Waals surface area contributed by atoms with Gasteiger partial charge in [0.2, 0.25) is 0 Å². The molecule has 1 aromatic carbocycles. The normalized spacial score (nSPS) is 13.8. The zero-order valence-corrected chi connectivity index (χ0v) is 10.1. The Hall–Kier alpha value is -2.37. The standard InChI is InChI=1S/C10H5F6NO5/c11-9(12,13)3-1-2-4(17(21)22)6(10(14,15)16)5(3)7(18)8(19)20/h1-2,7,18H,(H,19,20). The average Bonchev–Trinajstić information content (AvgIpc) is 2.33. The average molecular weight is 333 g/mol. The van der Waals surface area contributed by atoms with Crippen molar-refractivity contribution in [3.05, 3.63) is 38.9 Å². The van der Waals surface area contributed by atoms with Crippen molar-refractivity contribution in [1.82, 2.24) is 0 Å². The second-order valence-electron chi connectivity index (χ2n) is 3.91. The van der Waals surface area contributed by atoms with Crippen LogP contribution in [0.5, 0.6) is 0 Å². The SMILES string of the molecule is O=C(O)C(O)c1c(C(F)(F)F)ccc([N+](=O)[O-])c1C(F)(F)F. The fraction of sp³-hybridized carbons (Fsp3) is 0.300. The number of nitrogens with zero attached hydrogens (tertiary/aromatic N) is 1. The van der Waals surface area contributed by atoms with Crippen LogP contribution in [0.2, 0.25) is 0 Å². The second kappa shape index (κ2) is 5.44. The number of aliphatic hydroxyl groups excluding tert-OH is 1. The first kappa shape index (κ1) is 17.7. The van der Waals surface area contributed by atoms with Gasteiger partial charge in [0.25, 0.3) is 5.69 Å². The summed E-state index contributed by atoms with van der Waals surface area (Å²) in [5, 5.41) is 28.2. The highest BCUT2D eigenvalue weighted by molar-refractivity contribution is 5.76. The van der Waals surface area contributed by atoms with Crippen LogP contribution in [0, 0.1) is 10.1 Å².